The van der Waals surface area contributed by atoms with Gasteiger partial charge in [0.25, 0.3) is 0 Å². The fourth-order valence-corrected chi connectivity index (χ4v) is 2.45. The number of aromatic nitrogens is 2. The smallest absolute Gasteiger partial charge is 0.193 e. The maximum absolute atomic E-state index is 13.7. The number of hydrogen-bond acceptors (Lipinski definition) is 3. The number of rotatable bonds is 2. The van der Waals surface area contributed by atoms with Gasteiger partial charge < -0.3 is 5.73 Å². The number of aryl methyl sites for hydroxylation is 2. The predicted molar refractivity (Wildman–Crippen MR) is 60.3 cm³/mol. The van der Waals surface area contributed by atoms with Crippen LogP contribution in [-0.4, -0.2) is 9.78 Å². The van der Waals surface area contributed by atoms with Gasteiger partial charge in [0.1, 0.15) is 5.69 Å². The van der Waals surface area contributed by atoms with Gasteiger partial charge in [-0.15, -0.1) is 11.3 Å². The molecule has 0 spiro atoms. The van der Waals surface area contributed by atoms with Crippen LogP contribution in [0.2, 0.25) is 0 Å². The molecule has 0 fully saturated rings. The molecule has 0 saturated heterocycles. The van der Waals surface area contributed by atoms with E-state index >= 15 is 0 Å². The van der Waals surface area contributed by atoms with Crippen molar-refractivity contribution in [1.82, 2.24) is 9.78 Å². The molecule has 2 rings (SSSR count). The topological polar surface area (TPSA) is 43.8 Å². The lowest BCUT2D eigenvalue weighted by atomic mass is 10.2. The van der Waals surface area contributed by atoms with Crippen molar-refractivity contribution in [2.24, 2.45) is 7.05 Å². The first-order valence-corrected chi connectivity index (χ1v) is 5.57. The Morgan fingerprint density at radius 2 is 2.33 bits per heavy atom. The van der Waals surface area contributed by atoms with Gasteiger partial charge in [-0.3, -0.25) is 0 Å². The minimum atomic E-state index is -0.422. The Bertz CT molecular complexity index is 487. The van der Waals surface area contributed by atoms with E-state index in [4.69, 9.17) is 5.73 Å². The van der Waals surface area contributed by atoms with Gasteiger partial charge in [0.2, 0.25) is 0 Å². The number of nitrogens with two attached hydrogens (primary N) is 1. The molecule has 0 radical (unpaired) electrons. The number of thiophene rings is 1. The first-order chi connectivity index (χ1) is 7.15. The van der Waals surface area contributed by atoms with Gasteiger partial charge in [0.05, 0.1) is 4.88 Å². The van der Waals surface area contributed by atoms with Crippen LogP contribution in [0.4, 0.5) is 10.2 Å². The van der Waals surface area contributed by atoms with Crippen LogP contribution in [0.15, 0.2) is 11.4 Å². The van der Waals surface area contributed by atoms with Crippen LogP contribution < -0.4 is 5.73 Å². The van der Waals surface area contributed by atoms with Gasteiger partial charge in [0.15, 0.2) is 11.6 Å². The Hall–Kier alpha value is -1.36. The van der Waals surface area contributed by atoms with Crippen molar-refractivity contribution in [1.29, 1.82) is 0 Å². The second kappa shape index (κ2) is 3.66. The predicted octanol–water partition coefficient (Wildman–Crippen LogP) is 2.43. The van der Waals surface area contributed by atoms with E-state index in [-0.39, 0.29) is 5.82 Å². The van der Waals surface area contributed by atoms with E-state index < -0.39 is 5.82 Å². The Kier molecular flexibility index (Phi) is 2.48. The Labute approximate surface area is 91.3 Å². The molecule has 0 aromatic carbocycles. The zero-order chi connectivity index (χ0) is 11.0. The van der Waals surface area contributed by atoms with E-state index in [1.54, 1.807) is 7.05 Å². The normalized spacial score (nSPS) is 10.9. The minimum Gasteiger partial charge on any atom is -0.381 e. The number of halogens is 1. The zero-order valence-electron chi connectivity index (χ0n) is 8.62. The van der Waals surface area contributed by atoms with Crippen molar-refractivity contribution >= 4 is 17.2 Å². The fraction of sp³-hybridized carbons (Fsp3) is 0.300. The molecule has 80 valence electrons. The third-order valence-corrected chi connectivity index (χ3v) is 3.34. The van der Waals surface area contributed by atoms with Crippen LogP contribution >= 0.6 is 11.3 Å². The van der Waals surface area contributed by atoms with Crippen LogP contribution in [0.5, 0.6) is 0 Å². The Balaban J connectivity index is 2.59. The van der Waals surface area contributed by atoms with Crippen molar-refractivity contribution in [3.63, 3.8) is 0 Å². The van der Waals surface area contributed by atoms with Gasteiger partial charge in [-0.1, -0.05) is 6.92 Å². The molecule has 0 saturated carbocycles. The van der Waals surface area contributed by atoms with E-state index in [1.165, 1.54) is 16.0 Å². The molecule has 2 N–H and O–H groups in total. The highest BCUT2D eigenvalue weighted by atomic mass is 32.1. The number of nitrogen functional groups attached to an aromatic ring is 1. The van der Waals surface area contributed by atoms with Crippen molar-refractivity contribution in [2.45, 2.75) is 13.3 Å². The van der Waals surface area contributed by atoms with Gasteiger partial charge in [-0.2, -0.15) is 5.10 Å². The highest BCUT2D eigenvalue weighted by Crippen LogP contribution is 2.32. The van der Waals surface area contributed by atoms with Crippen LogP contribution in [0.3, 0.4) is 0 Å². The molecule has 0 aliphatic rings. The van der Waals surface area contributed by atoms with Gasteiger partial charge in [-0.25, -0.2) is 9.07 Å². The van der Waals surface area contributed by atoms with Crippen molar-refractivity contribution in [3.8, 4) is 10.6 Å². The van der Waals surface area contributed by atoms with Gasteiger partial charge in [0, 0.05) is 7.05 Å². The molecular formula is C10H12FN3S. The molecule has 0 unspecified atom stereocenters. The maximum Gasteiger partial charge on any atom is 0.193 e. The second-order valence-electron chi connectivity index (χ2n) is 3.30. The minimum absolute atomic E-state index is 0.0838. The van der Waals surface area contributed by atoms with Crippen molar-refractivity contribution < 1.29 is 4.39 Å². The molecule has 0 aliphatic carbocycles. The van der Waals surface area contributed by atoms with Gasteiger partial charge in [-0.05, 0) is 23.4 Å². The lowest BCUT2D eigenvalue weighted by Gasteiger charge is -1.96. The first-order valence-electron chi connectivity index (χ1n) is 4.69. The SMILES string of the molecule is CCc1ccsc1-c1nn(C)c(N)c1F. The average molecular weight is 225 g/mol. The average Bonchev–Trinajstić information content (AvgIpc) is 2.78. The molecular weight excluding hydrogens is 213 g/mol. The van der Waals surface area contributed by atoms with E-state index in [1.807, 2.05) is 18.4 Å². The third kappa shape index (κ3) is 1.52. The largest absolute Gasteiger partial charge is 0.381 e. The van der Waals surface area contributed by atoms with Crippen LogP contribution in [0.1, 0.15) is 12.5 Å². The first kappa shape index (κ1) is 10.2. The number of nitrogens with zero attached hydrogens (tertiary/aromatic N) is 2. The summed E-state index contributed by atoms with van der Waals surface area (Å²) in [6.45, 7) is 2.04. The van der Waals surface area contributed by atoms with Crippen molar-refractivity contribution in [2.75, 3.05) is 5.73 Å². The highest BCUT2D eigenvalue weighted by molar-refractivity contribution is 7.13. The van der Waals surface area contributed by atoms with Crippen molar-refractivity contribution in [3.05, 3.63) is 22.8 Å². The summed E-state index contributed by atoms with van der Waals surface area (Å²) in [5.41, 5.74) is 7.00. The summed E-state index contributed by atoms with van der Waals surface area (Å²) in [6.07, 6.45) is 0.870. The zero-order valence-corrected chi connectivity index (χ0v) is 9.44. The molecule has 2 heterocycles. The van der Waals surface area contributed by atoms with E-state index in [0.29, 0.717) is 5.69 Å². The Morgan fingerprint density at radius 3 is 2.87 bits per heavy atom. The van der Waals surface area contributed by atoms with Crippen LogP contribution in [0.25, 0.3) is 10.6 Å². The Morgan fingerprint density at radius 1 is 1.60 bits per heavy atom. The lowest BCUT2D eigenvalue weighted by Crippen LogP contribution is -1.97. The quantitative estimate of drug-likeness (QED) is 0.853. The molecule has 0 bridgehead atoms. The summed E-state index contributed by atoms with van der Waals surface area (Å²) < 4.78 is 15.1. The molecule has 15 heavy (non-hydrogen) atoms. The summed E-state index contributed by atoms with van der Waals surface area (Å²) in [5, 5.41) is 6.03. The lowest BCUT2D eigenvalue weighted by molar-refractivity contribution is 0.634. The molecule has 0 atom stereocenters. The highest BCUT2D eigenvalue weighted by Gasteiger charge is 2.18. The standard InChI is InChI=1S/C10H12FN3S/c1-3-6-4-5-15-9(6)8-7(11)10(12)14(2)13-8/h4-5H,3,12H2,1-2H3. The number of hydrogen-bond donors (Lipinski definition) is 1. The molecule has 3 nitrogen and oxygen atoms in total. The van der Waals surface area contributed by atoms with Crippen LogP contribution in [0, 0.1) is 5.82 Å². The molecule has 0 amide bonds. The van der Waals surface area contributed by atoms with E-state index in [2.05, 4.69) is 5.10 Å². The summed E-state index contributed by atoms with van der Waals surface area (Å²) in [6, 6.07) is 1.99. The van der Waals surface area contributed by atoms with E-state index in [9.17, 15) is 4.39 Å². The molecule has 5 heteroatoms. The summed E-state index contributed by atoms with van der Waals surface area (Å²) in [7, 11) is 1.64. The molecule has 0 aliphatic heterocycles. The molecule has 2 aromatic heterocycles. The van der Waals surface area contributed by atoms with Gasteiger partial charge >= 0.3 is 0 Å². The second-order valence-corrected chi connectivity index (χ2v) is 4.22. The summed E-state index contributed by atoms with van der Waals surface area (Å²) >= 11 is 1.49. The third-order valence-electron chi connectivity index (χ3n) is 2.37. The summed E-state index contributed by atoms with van der Waals surface area (Å²) in [4.78, 5) is 0.877. The fourth-order valence-electron chi connectivity index (χ4n) is 1.48. The van der Waals surface area contributed by atoms with Crippen LogP contribution in [-0.2, 0) is 13.5 Å². The summed E-state index contributed by atoms with van der Waals surface area (Å²) in [5.74, 6) is -0.338. The maximum atomic E-state index is 13.7. The number of anilines is 1. The monoisotopic (exact) mass is 225 g/mol. The van der Waals surface area contributed by atoms with E-state index in [0.717, 1.165) is 16.9 Å². The molecule has 2 aromatic rings.